The first-order valence-corrected chi connectivity index (χ1v) is 6.20. The second-order valence-electron chi connectivity index (χ2n) is 4.70. The zero-order valence-electron chi connectivity index (χ0n) is 11.1. The first kappa shape index (κ1) is 14.0. The number of likely N-dealkylation sites (tertiary alicyclic amines) is 1. The Balaban J connectivity index is 2.04. The van der Waals surface area contributed by atoms with Crippen LogP contribution in [-0.4, -0.2) is 56.8 Å². The van der Waals surface area contributed by atoms with Gasteiger partial charge in [-0.15, -0.1) is 5.10 Å². The van der Waals surface area contributed by atoms with Crippen LogP contribution in [0.25, 0.3) is 0 Å². The molecule has 108 valence electrons. The minimum Gasteiger partial charge on any atom is -0.476 e. The average Bonchev–Trinajstić information content (AvgIpc) is 3.02. The molecule has 1 fully saturated rings. The number of rotatable bonds is 4. The van der Waals surface area contributed by atoms with Gasteiger partial charge in [-0.3, -0.25) is 0 Å². The van der Waals surface area contributed by atoms with Gasteiger partial charge >= 0.3 is 12.1 Å². The summed E-state index contributed by atoms with van der Waals surface area (Å²) in [5.41, 5.74) is -0.107. The van der Waals surface area contributed by atoms with E-state index in [0.717, 1.165) is 0 Å². The first-order valence-electron chi connectivity index (χ1n) is 6.20. The lowest BCUT2D eigenvalue weighted by Crippen LogP contribution is -2.30. The summed E-state index contributed by atoms with van der Waals surface area (Å²) in [6.07, 6.45) is 2.48. The van der Waals surface area contributed by atoms with Crippen LogP contribution < -0.4 is 0 Å². The molecule has 0 spiro atoms. The van der Waals surface area contributed by atoms with E-state index in [9.17, 15) is 9.59 Å². The maximum Gasteiger partial charge on any atom is 0.410 e. The third kappa shape index (κ3) is 2.79. The van der Waals surface area contributed by atoms with Crippen LogP contribution in [0, 0.1) is 5.92 Å². The second kappa shape index (κ2) is 5.72. The molecule has 1 aromatic rings. The Labute approximate surface area is 115 Å². The molecule has 0 aromatic carbocycles. The molecule has 2 heterocycles. The number of carboxylic acids is 1. The number of ether oxygens (including phenoxy) is 1. The summed E-state index contributed by atoms with van der Waals surface area (Å²) in [5.74, 6) is -0.987. The molecular weight excluding hydrogens is 264 g/mol. The fourth-order valence-electron chi connectivity index (χ4n) is 2.20. The molecule has 20 heavy (non-hydrogen) atoms. The SMILES string of the molecule is C=CCOC(=O)N1C[C@@H](C)[C@H](n2cc(C(=O)O)nn2)C1. The van der Waals surface area contributed by atoms with Gasteiger partial charge in [0.25, 0.3) is 0 Å². The molecule has 0 aliphatic carbocycles. The van der Waals surface area contributed by atoms with Crippen LogP contribution >= 0.6 is 0 Å². The molecule has 1 aliphatic rings. The molecule has 8 heteroatoms. The average molecular weight is 280 g/mol. The smallest absolute Gasteiger partial charge is 0.410 e. The molecular formula is C12H16N4O4. The minimum atomic E-state index is -1.12. The van der Waals surface area contributed by atoms with E-state index in [1.165, 1.54) is 17.0 Å². The fraction of sp³-hybridized carbons (Fsp3) is 0.500. The normalized spacial score (nSPS) is 21.8. The number of hydrogen-bond donors (Lipinski definition) is 1. The summed E-state index contributed by atoms with van der Waals surface area (Å²) in [6, 6.07) is -0.105. The zero-order chi connectivity index (χ0) is 14.7. The van der Waals surface area contributed by atoms with Crippen LogP contribution in [0.3, 0.4) is 0 Å². The van der Waals surface area contributed by atoms with Gasteiger partial charge in [0.2, 0.25) is 0 Å². The van der Waals surface area contributed by atoms with Crippen molar-refractivity contribution in [2.75, 3.05) is 19.7 Å². The third-order valence-corrected chi connectivity index (χ3v) is 3.22. The van der Waals surface area contributed by atoms with E-state index in [1.54, 1.807) is 4.90 Å². The Morgan fingerprint density at radius 2 is 2.35 bits per heavy atom. The largest absolute Gasteiger partial charge is 0.476 e. The van der Waals surface area contributed by atoms with E-state index >= 15 is 0 Å². The number of amides is 1. The van der Waals surface area contributed by atoms with E-state index < -0.39 is 12.1 Å². The van der Waals surface area contributed by atoms with E-state index in [-0.39, 0.29) is 24.3 Å². The van der Waals surface area contributed by atoms with Crippen LogP contribution in [0.1, 0.15) is 23.5 Å². The summed E-state index contributed by atoms with van der Waals surface area (Å²) >= 11 is 0. The van der Waals surface area contributed by atoms with Crippen molar-refractivity contribution in [3.05, 3.63) is 24.5 Å². The molecule has 1 aromatic heterocycles. The quantitative estimate of drug-likeness (QED) is 0.819. The fourth-order valence-corrected chi connectivity index (χ4v) is 2.20. The Morgan fingerprint density at radius 1 is 1.60 bits per heavy atom. The van der Waals surface area contributed by atoms with Gasteiger partial charge in [0, 0.05) is 13.1 Å². The van der Waals surface area contributed by atoms with Gasteiger partial charge in [0.15, 0.2) is 5.69 Å². The molecule has 0 bridgehead atoms. The highest BCUT2D eigenvalue weighted by molar-refractivity contribution is 5.84. The standard InChI is InChI=1S/C12H16N4O4/c1-3-4-20-12(19)15-5-8(2)10(7-15)16-6-9(11(17)18)13-14-16/h3,6,8,10H,1,4-5,7H2,2H3,(H,17,18)/t8-,10-/m1/s1. The van der Waals surface area contributed by atoms with E-state index in [4.69, 9.17) is 9.84 Å². The molecule has 1 amide bonds. The number of carbonyl (C=O) groups excluding carboxylic acids is 1. The molecule has 0 radical (unpaired) electrons. The number of aromatic carboxylic acids is 1. The summed E-state index contributed by atoms with van der Waals surface area (Å²) in [5, 5.41) is 16.2. The number of aromatic nitrogens is 3. The maximum absolute atomic E-state index is 11.8. The molecule has 2 atom stereocenters. The van der Waals surface area contributed by atoms with Crippen molar-refractivity contribution in [1.29, 1.82) is 0 Å². The van der Waals surface area contributed by atoms with Gasteiger partial charge in [-0.25, -0.2) is 14.3 Å². The minimum absolute atomic E-state index is 0.105. The molecule has 1 N–H and O–H groups in total. The number of hydrogen-bond acceptors (Lipinski definition) is 5. The maximum atomic E-state index is 11.8. The van der Waals surface area contributed by atoms with Gasteiger partial charge in [-0.1, -0.05) is 24.8 Å². The summed E-state index contributed by atoms with van der Waals surface area (Å²) in [6.45, 7) is 6.56. The predicted molar refractivity (Wildman–Crippen MR) is 68.3 cm³/mol. The first-order chi connectivity index (χ1) is 9.52. The third-order valence-electron chi connectivity index (χ3n) is 3.22. The van der Waals surface area contributed by atoms with Gasteiger partial charge < -0.3 is 14.7 Å². The highest BCUT2D eigenvalue weighted by Gasteiger charge is 2.35. The van der Waals surface area contributed by atoms with Crippen molar-refractivity contribution >= 4 is 12.1 Å². The lowest BCUT2D eigenvalue weighted by molar-refractivity contribution is 0.0690. The number of nitrogens with zero attached hydrogens (tertiary/aromatic N) is 4. The Hall–Kier alpha value is -2.38. The lowest BCUT2D eigenvalue weighted by atomic mass is 10.1. The topological polar surface area (TPSA) is 97.5 Å². The van der Waals surface area contributed by atoms with E-state index in [2.05, 4.69) is 16.9 Å². The summed E-state index contributed by atoms with van der Waals surface area (Å²) < 4.78 is 6.48. The number of carboxylic acid groups (broad SMARTS) is 1. The highest BCUT2D eigenvalue weighted by Crippen LogP contribution is 2.27. The van der Waals surface area contributed by atoms with Crippen LogP contribution in [0.4, 0.5) is 4.79 Å². The molecule has 8 nitrogen and oxygen atoms in total. The van der Waals surface area contributed by atoms with Crippen LogP contribution in [0.15, 0.2) is 18.9 Å². The van der Waals surface area contributed by atoms with Crippen molar-refractivity contribution in [1.82, 2.24) is 19.9 Å². The molecule has 1 aliphatic heterocycles. The van der Waals surface area contributed by atoms with Gasteiger partial charge in [-0.2, -0.15) is 0 Å². The predicted octanol–water partition coefficient (Wildman–Crippen LogP) is 0.792. The Morgan fingerprint density at radius 3 is 2.95 bits per heavy atom. The highest BCUT2D eigenvalue weighted by atomic mass is 16.6. The van der Waals surface area contributed by atoms with Crippen LogP contribution in [0.5, 0.6) is 0 Å². The number of carbonyl (C=O) groups is 2. The molecule has 1 saturated heterocycles. The Kier molecular flexibility index (Phi) is 4.02. The van der Waals surface area contributed by atoms with Crippen molar-refractivity contribution in [3.8, 4) is 0 Å². The summed E-state index contributed by atoms with van der Waals surface area (Å²) in [7, 11) is 0. The van der Waals surface area contributed by atoms with Crippen LogP contribution in [-0.2, 0) is 4.74 Å². The van der Waals surface area contributed by atoms with Crippen molar-refractivity contribution in [3.63, 3.8) is 0 Å². The van der Waals surface area contributed by atoms with Gasteiger partial charge in [0.05, 0.1) is 12.2 Å². The Bertz CT molecular complexity index is 527. The molecule has 2 rings (SSSR count). The lowest BCUT2D eigenvalue weighted by Gasteiger charge is -2.15. The van der Waals surface area contributed by atoms with E-state index in [1.807, 2.05) is 6.92 Å². The van der Waals surface area contributed by atoms with E-state index in [0.29, 0.717) is 13.1 Å². The van der Waals surface area contributed by atoms with Gasteiger partial charge in [0.1, 0.15) is 6.61 Å². The monoisotopic (exact) mass is 280 g/mol. The van der Waals surface area contributed by atoms with Crippen molar-refractivity contribution in [2.45, 2.75) is 13.0 Å². The van der Waals surface area contributed by atoms with Crippen LogP contribution in [0.2, 0.25) is 0 Å². The van der Waals surface area contributed by atoms with Crippen molar-refractivity contribution < 1.29 is 19.4 Å². The molecule has 0 saturated carbocycles. The summed E-state index contributed by atoms with van der Waals surface area (Å²) in [4.78, 5) is 24.1. The van der Waals surface area contributed by atoms with Gasteiger partial charge in [-0.05, 0) is 5.92 Å². The molecule has 0 unspecified atom stereocenters. The second-order valence-corrected chi connectivity index (χ2v) is 4.70. The zero-order valence-corrected chi connectivity index (χ0v) is 11.1. The van der Waals surface area contributed by atoms with Crippen molar-refractivity contribution in [2.24, 2.45) is 5.92 Å².